The lowest BCUT2D eigenvalue weighted by Gasteiger charge is -2.20. The summed E-state index contributed by atoms with van der Waals surface area (Å²) in [7, 11) is 0. The molecule has 15 heavy (non-hydrogen) atoms. The van der Waals surface area contributed by atoms with Crippen LogP contribution in [0.25, 0.3) is 0 Å². The van der Waals surface area contributed by atoms with E-state index in [9.17, 15) is 5.11 Å². The number of hydrogen-bond donors (Lipinski definition) is 1. The summed E-state index contributed by atoms with van der Waals surface area (Å²) < 4.78 is 11.0. The summed E-state index contributed by atoms with van der Waals surface area (Å²) in [5.74, 6) is 1.61. The molecule has 3 heteroatoms. The average Bonchev–Trinajstić information content (AvgIpc) is 2.18. The SMILES string of the molecule is Cc1cc2c(cc1CC(C)O)OCCO2. The minimum Gasteiger partial charge on any atom is -0.486 e. The molecular weight excluding hydrogens is 192 g/mol. The topological polar surface area (TPSA) is 38.7 Å². The molecule has 1 atom stereocenters. The van der Waals surface area contributed by atoms with Gasteiger partial charge in [-0.05, 0) is 43.5 Å². The van der Waals surface area contributed by atoms with Crippen LogP contribution in [0.5, 0.6) is 11.5 Å². The molecule has 0 fully saturated rings. The summed E-state index contributed by atoms with van der Waals surface area (Å²) in [4.78, 5) is 0. The first-order valence-electron chi connectivity index (χ1n) is 5.24. The molecule has 1 aliphatic heterocycles. The van der Waals surface area contributed by atoms with Crippen molar-refractivity contribution in [2.24, 2.45) is 0 Å². The molecule has 1 unspecified atom stereocenters. The number of aliphatic hydroxyl groups excluding tert-OH is 1. The standard InChI is InChI=1S/C12H16O3/c1-8-5-11-12(15-4-3-14-11)7-10(8)6-9(2)13/h5,7,9,13H,3-4,6H2,1-2H3. The Bertz CT molecular complexity index is 358. The quantitative estimate of drug-likeness (QED) is 0.803. The van der Waals surface area contributed by atoms with Gasteiger partial charge in [0.25, 0.3) is 0 Å². The van der Waals surface area contributed by atoms with Crippen LogP contribution in [0.3, 0.4) is 0 Å². The highest BCUT2D eigenvalue weighted by molar-refractivity contribution is 5.47. The van der Waals surface area contributed by atoms with Gasteiger partial charge < -0.3 is 14.6 Å². The smallest absolute Gasteiger partial charge is 0.161 e. The molecular formula is C12H16O3. The van der Waals surface area contributed by atoms with Gasteiger partial charge in [-0.15, -0.1) is 0 Å². The molecule has 2 rings (SSSR count). The Morgan fingerprint density at radius 2 is 1.87 bits per heavy atom. The molecule has 0 saturated heterocycles. The van der Waals surface area contributed by atoms with Crippen molar-refractivity contribution < 1.29 is 14.6 Å². The van der Waals surface area contributed by atoms with Gasteiger partial charge in [-0.3, -0.25) is 0 Å². The van der Waals surface area contributed by atoms with Crippen LogP contribution in [0.1, 0.15) is 18.1 Å². The van der Waals surface area contributed by atoms with Crippen LogP contribution < -0.4 is 9.47 Å². The molecule has 3 nitrogen and oxygen atoms in total. The maximum atomic E-state index is 9.36. The molecule has 1 N–H and O–H groups in total. The lowest BCUT2D eigenvalue weighted by atomic mass is 10.0. The van der Waals surface area contributed by atoms with Crippen molar-refractivity contribution in [3.8, 4) is 11.5 Å². The number of ether oxygens (including phenoxy) is 2. The van der Waals surface area contributed by atoms with E-state index in [2.05, 4.69) is 0 Å². The van der Waals surface area contributed by atoms with E-state index < -0.39 is 0 Å². The van der Waals surface area contributed by atoms with Gasteiger partial charge >= 0.3 is 0 Å². The molecule has 82 valence electrons. The number of aryl methyl sites for hydroxylation is 1. The molecule has 0 spiro atoms. The number of benzene rings is 1. The van der Waals surface area contributed by atoms with E-state index in [1.165, 1.54) is 0 Å². The summed E-state index contributed by atoms with van der Waals surface area (Å²) in [6.45, 7) is 5.03. The summed E-state index contributed by atoms with van der Waals surface area (Å²) >= 11 is 0. The van der Waals surface area contributed by atoms with Gasteiger partial charge in [-0.1, -0.05) is 0 Å². The van der Waals surface area contributed by atoms with E-state index in [1.54, 1.807) is 6.92 Å². The first-order valence-corrected chi connectivity index (χ1v) is 5.24. The first kappa shape index (κ1) is 10.3. The summed E-state index contributed by atoms with van der Waals surface area (Å²) in [5, 5.41) is 9.36. The van der Waals surface area contributed by atoms with Crippen LogP contribution in [-0.2, 0) is 6.42 Å². The predicted octanol–water partition coefficient (Wildman–Crippen LogP) is 1.69. The zero-order valence-electron chi connectivity index (χ0n) is 9.12. The van der Waals surface area contributed by atoms with Crippen molar-refractivity contribution in [3.63, 3.8) is 0 Å². The Morgan fingerprint density at radius 1 is 1.27 bits per heavy atom. The van der Waals surface area contributed by atoms with Gasteiger partial charge in [0.2, 0.25) is 0 Å². The molecule has 0 aromatic heterocycles. The maximum absolute atomic E-state index is 9.36. The van der Waals surface area contributed by atoms with E-state index in [1.807, 2.05) is 19.1 Å². The van der Waals surface area contributed by atoms with Crippen LogP contribution in [0.15, 0.2) is 12.1 Å². The van der Waals surface area contributed by atoms with Gasteiger partial charge in [0.05, 0.1) is 6.10 Å². The summed E-state index contributed by atoms with van der Waals surface area (Å²) in [5.41, 5.74) is 2.26. The Labute approximate surface area is 89.6 Å². The molecule has 1 aromatic rings. The second kappa shape index (κ2) is 4.11. The minimum absolute atomic E-state index is 0.328. The fourth-order valence-corrected chi connectivity index (χ4v) is 1.77. The highest BCUT2D eigenvalue weighted by atomic mass is 16.6. The van der Waals surface area contributed by atoms with Crippen LogP contribution in [0.4, 0.5) is 0 Å². The lowest BCUT2D eigenvalue weighted by molar-refractivity contribution is 0.170. The van der Waals surface area contributed by atoms with Crippen molar-refractivity contribution >= 4 is 0 Å². The third kappa shape index (κ3) is 2.23. The highest BCUT2D eigenvalue weighted by Gasteiger charge is 2.14. The van der Waals surface area contributed by atoms with Crippen molar-refractivity contribution in [3.05, 3.63) is 23.3 Å². The summed E-state index contributed by atoms with van der Waals surface area (Å²) in [6, 6.07) is 3.95. The van der Waals surface area contributed by atoms with Crippen molar-refractivity contribution in [1.29, 1.82) is 0 Å². The summed E-state index contributed by atoms with van der Waals surface area (Å²) in [6.07, 6.45) is 0.328. The molecule has 1 aromatic carbocycles. The fraction of sp³-hybridized carbons (Fsp3) is 0.500. The first-order chi connectivity index (χ1) is 7.16. The number of rotatable bonds is 2. The largest absolute Gasteiger partial charge is 0.486 e. The van der Waals surface area contributed by atoms with E-state index in [-0.39, 0.29) is 6.10 Å². The van der Waals surface area contributed by atoms with Crippen molar-refractivity contribution in [2.45, 2.75) is 26.4 Å². The normalized spacial score (nSPS) is 16.2. The minimum atomic E-state index is -0.328. The number of aliphatic hydroxyl groups is 1. The molecule has 0 aliphatic carbocycles. The van der Waals surface area contributed by atoms with Gasteiger partial charge in [0, 0.05) is 0 Å². The molecule has 1 aliphatic rings. The van der Waals surface area contributed by atoms with Crippen LogP contribution in [-0.4, -0.2) is 24.4 Å². The van der Waals surface area contributed by atoms with Crippen molar-refractivity contribution in [1.82, 2.24) is 0 Å². The monoisotopic (exact) mass is 208 g/mol. The third-order valence-electron chi connectivity index (χ3n) is 2.52. The maximum Gasteiger partial charge on any atom is 0.161 e. The van der Waals surface area contributed by atoms with Crippen LogP contribution in [0.2, 0.25) is 0 Å². The zero-order chi connectivity index (χ0) is 10.8. The third-order valence-corrected chi connectivity index (χ3v) is 2.52. The fourth-order valence-electron chi connectivity index (χ4n) is 1.77. The van der Waals surface area contributed by atoms with E-state index in [0.717, 1.165) is 22.6 Å². The zero-order valence-corrected chi connectivity index (χ0v) is 9.12. The van der Waals surface area contributed by atoms with Crippen molar-refractivity contribution in [2.75, 3.05) is 13.2 Å². The molecule has 0 amide bonds. The van der Waals surface area contributed by atoms with Gasteiger partial charge in [-0.25, -0.2) is 0 Å². The Kier molecular flexibility index (Phi) is 2.82. The number of fused-ring (bicyclic) bond motifs is 1. The molecule has 0 bridgehead atoms. The Balaban J connectivity index is 2.32. The second-order valence-corrected chi connectivity index (χ2v) is 3.98. The molecule has 0 saturated carbocycles. The average molecular weight is 208 g/mol. The molecule has 1 heterocycles. The highest BCUT2D eigenvalue weighted by Crippen LogP contribution is 2.33. The van der Waals surface area contributed by atoms with E-state index in [4.69, 9.17) is 9.47 Å². The van der Waals surface area contributed by atoms with Gasteiger partial charge in [0.1, 0.15) is 13.2 Å². The van der Waals surface area contributed by atoms with E-state index >= 15 is 0 Å². The van der Waals surface area contributed by atoms with Gasteiger partial charge in [-0.2, -0.15) is 0 Å². The Hall–Kier alpha value is -1.22. The lowest BCUT2D eigenvalue weighted by Crippen LogP contribution is -2.16. The van der Waals surface area contributed by atoms with Gasteiger partial charge in [0.15, 0.2) is 11.5 Å². The Morgan fingerprint density at radius 3 is 2.47 bits per heavy atom. The van der Waals surface area contributed by atoms with Crippen LogP contribution >= 0.6 is 0 Å². The van der Waals surface area contributed by atoms with E-state index in [0.29, 0.717) is 19.6 Å². The predicted molar refractivity (Wildman–Crippen MR) is 57.6 cm³/mol. The number of hydrogen-bond acceptors (Lipinski definition) is 3. The van der Waals surface area contributed by atoms with Crippen LogP contribution in [0, 0.1) is 6.92 Å². The second-order valence-electron chi connectivity index (χ2n) is 3.98. The molecule has 0 radical (unpaired) electrons.